The second-order valence-electron chi connectivity index (χ2n) is 2.97. The van der Waals surface area contributed by atoms with Crippen LogP contribution in [0.3, 0.4) is 0 Å². The highest BCUT2D eigenvalue weighted by atomic mass is 16.5. The Morgan fingerprint density at radius 3 is 2.80 bits per heavy atom. The maximum absolute atomic E-state index is 11.4. The second-order valence-corrected chi connectivity index (χ2v) is 2.97. The summed E-state index contributed by atoms with van der Waals surface area (Å²) in [7, 11) is 1.62. The fourth-order valence-corrected chi connectivity index (χ4v) is 1.20. The van der Waals surface area contributed by atoms with Gasteiger partial charge in [-0.25, -0.2) is 4.79 Å². The van der Waals surface area contributed by atoms with Crippen molar-refractivity contribution in [2.24, 2.45) is 7.05 Å². The average molecular weight is 212 g/mol. The minimum Gasteiger partial charge on any atom is -0.481 e. The summed E-state index contributed by atoms with van der Waals surface area (Å²) in [6, 6.07) is 0. The summed E-state index contributed by atoms with van der Waals surface area (Å²) in [4.78, 5) is 21.9. The van der Waals surface area contributed by atoms with Gasteiger partial charge in [0.25, 0.3) is 0 Å². The average Bonchev–Trinajstić information content (AvgIpc) is 2.46. The number of rotatable bonds is 4. The molecule has 0 unspecified atom stereocenters. The largest absolute Gasteiger partial charge is 0.481 e. The molecule has 15 heavy (non-hydrogen) atoms. The Balaban J connectivity index is 2.95. The number of aryl methyl sites for hydroxylation is 1. The molecule has 0 amide bonds. The number of carboxylic acids is 1. The van der Waals surface area contributed by atoms with Crippen molar-refractivity contribution in [1.82, 2.24) is 9.78 Å². The predicted octanol–water partition coefficient (Wildman–Crippen LogP) is 0.224. The van der Waals surface area contributed by atoms with Crippen LogP contribution in [-0.4, -0.2) is 33.4 Å². The number of carboxylic acid groups (broad SMARTS) is 1. The van der Waals surface area contributed by atoms with Gasteiger partial charge in [0.1, 0.15) is 0 Å². The second kappa shape index (κ2) is 4.59. The molecule has 0 aromatic carbocycles. The molecule has 6 nitrogen and oxygen atoms in total. The van der Waals surface area contributed by atoms with Crippen LogP contribution in [0.2, 0.25) is 0 Å². The van der Waals surface area contributed by atoms with Crippen LogP contribution >= 0.6 is 0 Å². The number of hydrogen-bond donors (Lipinski definition) is 1. The van der Waals surface area contributed by atoms with Gasteiger partial charge in [-0.2, -0.15) is 5.10 Å². The summed E-state index contributed by atoms with van der Waals surface area (Å²) in [5.74, 6) is -1.59. The van der Waals surface area contributed by atoms with Crippen molar-refractivity contribution in [3.05, 3.63) is 17.5 Å². The van der Waals surface area contributed by atoms with Crippen LogP contribution in [-0.2, 0) is 23.0 Å². The molecule has 6 heteroatoms. The Kier molecular flexibility index (Phi) is 3.43. The smallest absolute Gasteiger partial charge is 0.359 e. The Labute approximate surface area is 86.5 Å². The molecule has 0 aliphatic heterocycles. The third kappa shape index (κ3) is 2.80. The van der Waals surface area contributed by atoms with Gasteiger partial charge < -0.3 is 9.84 Å². The van der Waals surface area contributed by atoms with Crippen molar-refractivity contribution < 1.29 is 19.4 Å². The molecule has 1 rings (SSSR count). The van der Waals surface area contributed by atoms with Crippen molar-refractivity contribution in [1.29, 1.82) is 0 Å². The maximum atomic E-state index is 11.4. The lowest BCUT2D eigenvalue weighted by atomic mass is 10.2. The fourth-order valence-electron chi connectivity index (χ4n) is 1.20. The van der Waals surface area contributed by atoms with Crippen LogP contribution in [0.5, 0.6) is 0 Å². The van der Waals surface area contributed by atoms with Crippen molar-refractivity contribution in [3.8, 4) is 0 Å². The standard InChI is InChI=1S/C9H12N2O4/c1-3-15-9(14)8-6(4-7(12)13)5-11(2)10-8/h5H,3-4H2,1-2H3,(H,12,13). The van der Waals surface area contributed by atoms with Gasteiger partial charge in [0.05, 0.1) is 13.0 Å². The fraction of sp³-hybridized carbons (Fsp3) is 0.444. The molecule has 1 aromatic rings. The summed E-state index contributed by atoms with van der Waals surface area (Å²) >= 11 is 0. The molecule has 1 heterocycles. The number of carbonyl (C=O) groups excluding carboxylic acids is 1. The van der Waals surface area contributed by atoms with E-state index in [0.29, 0.717) is 5.56 Å². The van der Waals surface area contributed by atoms with Gasteiger partial charge in [-0.15, -0.1) is 0 Å². The number of ether oxygens (including phenoxy) is 1. The highest BCUT2D eigenvalue weighted by Gasteiger charge is 2.18. The topological polar surface area (TPSA) is 81.4 Å². The normalized spacial score (nSPS) is 10.0. The zero-order valence-corrected chi connectivity index (χ0v) is 8.56. The van der Waals surface area contributed by atoms with E-state index >= 15 is 0 Å². The van der Waals surface area contributed by atoms with Crippen LogP contribution in [0, 0.1) is 0 Å². The lowest BCUT2D eigenvalue weighted by molar-refractivity contribution is -0.136. The third-order valence-electron chi connectivity index (χ3n) is 1.72. The van der Waals surface area contributed by atoms with E-state index in [2.05, 4.69) is 5.10 Å². The molecule has 0 saturated carbocycles. The van der Waals surface area contributed by atoms with E-state index in [1.165, 1.54) is 10.9 Å². The van der Waals surface area contributed by atoms with E-state index in [4.69, 9.17) is 9.84 Å². The highest BCUT2D eigenvalue weighted by molar-refractivity contribution is 5.90. The lowest BCUT2D eigenvalue weighted by Gasteiger charge is -1.99. The molecule has 0 radical (unpaired) electrons. The minimum atomic E-state index is -1.01. The van der Waals surface area contributed by atoms with Gasteiger partial charge in [-0.1, -0.05) is 0 Å². The molecule has 0 atom stereocenters. The first-order valence-electron chi connectivity index (χ1n) is 4.46. The number of aliphatic carboxylic acids is 1. The van der Waals surface area contributed by atoms with Crippen molar-refractivity contribution in [3.63, 3.8) is 0 Å². The molecule has 0 aliphatic carbocycles. The molecular formula is C9H12N2O4. The monoisotopic (exact) mass is 212 g/mol. The summed E-state index contributed by atoms with van der Waals surface area (Å²) in [6.07, 6.45) is 1.27. The third-order valence-corrected chi connectivity index (χ3v) is 1.72. The van der Waals surface area contributed by atoms with Gasteiger partial charge in [0.15, 0.2) is 5.69 Å². The summed E-state index contributed by atoms with van der Waals surface area (Å²) < 4.78 is 6.15. The van der Waals surface area contributed by atoms with Gasteiger partial charge in [-0.3, -0.25) is 9.48 Å². The first-order valence-corrected chi connectivity index (χ1v) is 4.46. The summed E-state index contributed by atoms with van der Waals surface area (Å²) in [6.45, 7) is 1.92. The molecule has 0 bridgehead atoms. The van der Waals surface area contributed by atoms with Gasteiger partial charge in [-0.05, 0) is 6.92 Å². The molecule has 0 aliphatic rings. The number of nitrogens with zero attached hydrogens (tertiary/aromatic N) is 2. The van der Waals surface area contributed by atoms with E-state index in [0.717, 1.165) is 0 Å². The van der Waals surface area contributed by atoms with E-state index in [9.17, 15) is 9.59 Å². The highest BCUT2D eigenvalue weighted by Crippen LogP contribution is 2.08. The minimum absolute atomic E-state index is 0.0711. The van der Waals surface area contributed by atoms with Gasteiger partial charge >= 0.3 is 11.9 Å². The van der Waals surface area contributed by atoms with E-state index in [1.54, 1.807) is 14.0 Å². The lowest BCUT2D eigenvalue weighted by Crippen LogP contribution is -2.10. The molecule has 1 aromatic heterocycles. The first kappa shape index (κ1) is 11.2. The van der Waals surface area contributed by atoms with Gasteiger partial charge in [0, 0.05) is 18.8 Å². The van der Waals surface area contributed by atoms with Crippen molar-refractivity contribution >= 4 is 11.9 Å². The molecule has 0 spiro atoms. The Bertz CT molecular complexity index is 383. The van der Waals surface area contributed by atoms with Crippen LogP contribution < -0.4 is 0 Å². The van der Waals surface area contributed by atoms with E-state index in [-0.39, 0.29) is 18.7 Å². The van der Waals surface area contributed by atoms with Crippen LogP contribution in [0.1, 0.15) is 23.0 Å². The Morgan fingerprint density at radius 1 is 1.60 bits per heavy atom. The van der Waals surface area contributed by atoms with Crippen molar-refractivity contribution in [2.45, 2.75) is 13.3 Å². The number of aromatic nitrogens is 2. The molecule has 82 valence electrons. The predicted molar refractivity (Wildman–Crippen MR) is 50.5 cm³/mol. The zero-order valence-electron chi connectivity index (χ0n) is 8.56. The van der Waals surface area contributed by atoms with Crippen LogP contribution in [0.25, 0.3) is 0 Å². The van der Waals surface area contributed by atoms with Crippen molar-refractivity contribution in [2.75, 3.05) is 6.61 Å². The van der Waals surface area contributed by atoms with Gasteiger partial charge in [0.2, 0.25) is 0 Å². The SMILES string of the molecule is CCOC(=O)c1nn(C)cc1CC(=O)O. The number of carbonyl (C=O) groups is 2. The quantitative estimate of drug-likeness (QED) is 0.722. The molecule has 0 saturated heterocycles. The number of hydrogen-bond acceptors (Lipinski definition) is 4. The Morgan fingerprint density at radius 2 is 2.27 bits per heavy atom. The number of esters is 1. The summed E-state index contributed by atoms with van der Waals surface area (Å²) in [5, 5.41) is 12.5. The van der Waals surface area contributed by atoms with E-state index in [1.807, 2.05) is 0 Å². The maximum Gasteiger partial charge on any atom is 0.359 e. The molecule has 1 N–H and O–H groups in total. The van der Waals surface area contributed by atoms with E-state index < -0.39 is 11.9 Å². The molecule has 0 fully saturated rings. The Hall–Kier alpha value is -1.85. The van der Waals surface area contributed by atoms with Crippen LogP contribution in [0.15, 0.2) is 6.20 Å². The first-order chi connectivity index (χ1) is 7.04. The molecular weight excluding hydrogens is 200 g/mol. The van der Waals surface area contributed by atoms with Crippen LogP contribution in [0.4, 0.5) is 0 Å². The summed E-state index contributed by atoms with van der Waals surface area (Å²) in [5.41, 5.74) is 0.435. The zero-order chi connectivity index (χ0) is 11.4.